The van der Waals surface area contributed by atoms with Crippen LogP contribution in [0.1, 0.15) is 61.7 Å². The van der Waals surface area contributed by atoms with E-state index < -0.39 is 0 Å². The standard InChI is InChI=1S/C23H32N2O4/c1-29-20-9-7-19(8-10-20)21(26)11-13-23(28)25-16-4-5-18(17-25)6-12-22(27)24-14-2-3-15-24/h7-10,18H,2-6,11-17H2,1H3/t18-/m1/s1. The summed E-state index contributed by atoms with van der Waals surface area (Å²) >= 11 is 0. The Kier molecular flexibility index (Phi) is 7.67. The van der Waals surface area contributed by atoms with Gasteiger partial charge in [-0.1, -0.05) is 0 Å². The number of ketones is 1. The maximum Gasteiger partial charge on any atom is 0.223 e. The normalized spacial score (nSPS) is 19.3. The van der Waals surface area contributed by atoms with Gasteiger partial charge in [0.25, 0.3) is 0 Å². The van der Waals surface area contributed by atoms with Gasteiger partial charge in [-0.25, -0.2) is 0 Å². The van der Waals surface area contributed by atoms with Gasteiger partial charge in [0.15, 0.2) is 5.78 Å². The second-order valence-corrected chi connectivity index (χ2v) is 8.13. The Bertz CT molecular complexity index is 710. The van der Waals surface area contributed by atoms with Gasteiger partial charge in [0.05, 0.1) is 7.11 Å². The Morgan fingerprint density at radius 1 is 0.897 bits per heavy atom. The third-order valence-electron chi connectivity index (χ3n) is 6.07. The van der Waals surface area contributed by atoms with E-state index in [4.69, 9.17) is 4.74 Å². The minimum absolute atomic E-state index is 0.0224. The Morgan fingerprint density at radius 2 is 1.55 bits per heavy atom. The summed E-state index contributed by atoms with van der Waals surface area (Å²) in [6.07, 6.45) is 6.18. The van der Waals surface area contributed by atoms with E-state index >= 15 is 0 Å². The summed E-state index contributed by atoms with van der Waals surface area (Å²) < 4.78 is 5.10. The van der Waals surface area contributed by atoms with Crippen LogP contribution in [-0.4, -0.2) is 60.7 Å². The van der Waals surface area contributed by atoms with E-state index in [9.17, 15) is 14.4 Å². The molecular weight excluding hydrogens is 368 g/mol. The number of nitrogens with zero attached hydrogens (tertiary/aromatic N) is 2. The van der Waals surface area contributed by atoms with Gasteiger partial charge in [0.2, 0.25) is 11.8 Å². The third-order valence-corrected chi connectivity index (χ3v) is 6.07. The molecule has 6 heteroatoms. The van der Waals surface area contributed by atoms with E-state index in [-0.39, 0.29) is 30.4 Å². The van der Waals surface area contributed by atoms with Gasteiger partial charge in [-0.05, 0) is 62.3 Å². The first kappa shape index (κ1) is 21.3. The van der Waals surface area contributed by atoms with Gasteiger partial charge in [-0.3, -0.25) is 14.4 Å². The highest BCUT2D eigenvalue weighted by atomic mass is 16.5. The molecule has 2 heterocycles. The van der Waals surface area contributed by atoms with Crippen LogP contribution >= 0.6 is 0 Å². The van der Waals surface area contributed by atoms with Crippen LogP contribution in [0.3, 0.4) is 0 Å². The zero-order valence-corrected chi connectivity index (χ0v) is 17.4. The second kappa shape index (κ2) is 10.4. The first-order chi connectivity index (χ1) is 14.1. The molecule has 0 bridgehead atoms. The zero-order valence-electron chi connectivity index (χ0n) is 17.4. The lowest BCUT2D eigenvalue weighted by Crippen LogP contribution is -2.40. The number of amides is 2. The molecule has 0 saturated carbocycles. The molecule has 2 saturated heterocycles. The van der Waals surface area contributed by atoms with E-state index in [2.05, 4.69) is 0 Å². The highest BCUT2D eigenvalue weighted by molar-refractivity contribution is 5.98. The van der Waals surface area contributed by atoms with Crippen LogP contribution in [0, 0.1) is 5.92 Å². The fourth-order valence-electron chi connectivity index (χ4n) is 4.28. The maximum absolute atomic E-state index is 12.6. The molecule has 0 aromatic heterocycles. The summed E-state index contributed by atoms with van der Waals surface area (Å²) in [5, 5.41) is 0. The largest absolute Gasteiger partial charge is 0.497 e. The fourth-order valence-corrected chi connectivity index (χ4v) is 4.28. The first-order valence-corrected chi connectivity index (χ1v) is 10.8. The number of methoxy groups -OCH3 is 1. The van der Waals surface area contributed by atoms with Gasteiger partial charge in [-0.2, -0.15) is 0 Å². The fraction of sp³-hybridized carbons (Fsp3) is 0.609. The summed E-state index contributed by atoms with van der Waals surface area (Å²) in [6, 6.07) is 6.99. The number of hydrogen-bond acceptors (Lipinski definition) is 4. The summed E-state index contributed by atoms with van der Waals surface area (Å²) in [5.74, 6) is 1.38. The number of carbonyl (C=O) groups excluding carboxylic acids is 3. The lowest BCUT2D eigenvalue weighted by Gasteiger charge is -2.33. The van der Waals surface area contributed by atoms with Crippen molar-refractivity contribution >= 4 is 17.6 Å². The predicted molar refractivity (Wildman–Crippen MR) is 111 cm³/mol. The SMILES string of the molecule is COc1ccc(C(=O)CCC(=O)N2CCC[C@H](CCC(=O)N3CCCC3)C2)cc1. The minimum atomic E-state index is -0.0224. The molecule has 0 unspecified atom stereocenters. The van der Waals surface area contributed by atoms with Crippen molar-refractivity contribution < 1.29 is 19.1 Å². The molecule has 2 amide bonds. The van der Waals surface area contributed by atoms with Crippen LogP contribution < -0.4 is 4.74 Å². The topological polar surface area (TPSA) is 66.9 Å². The predicted octanol–water partition coefficient (Wildman–Crippen LogP) is 3.30. The van der Waals surface area contributed by atoms with Crippen molar-refractivity contribution in [2.75, 3.05) is 33.3 Å². The molecule has 2 aliphatic rings. The number of benzene rings is 1. The molecule has 0 spiro atoms. The third kappa shape index (κ3) is 6.05. The summed E-state index contributed by atoms with van der Waals surface area (Å²) in [5.41, 5.74) is 0.607. The molecule has 6 nitrogen and oxygen atoms in total. The number of rotatable bonds is 8. The maximum atomic E-state index is 12.6. The van der Waals surface area contributed by atoms with E-state index in [1.165, 1.54) is 0 Å². The number of likely N-dealkylation sites (tertiary alicyclic amines) is 2. The molecule has 3 rings (SSSR count). The molecule has 1 atom stereocenters. The van der Waals surface area contributed by atoms with Crippen LogP contribution in [-0.2, 0) is 9.59 Å². The Morgan fingerprint density at radius 3 is 2.24 bits per heavy atom. The van der Waals surface area contributed by atoms with Crippen molar-refractivity contribution in [1.82, 2.24) is 9.80 Å². The van der Waals surface area contributed by atoms with Crippen molar-refractivity contribution in [2.24, 2.45) is 5.92 Å². The van der Waals surface area contributed by atoms with E-state index in [0.717, 1.165) is 51.7 Å². The number of piperidine rings is 1. The number of Topliss-reactive ketones (excluding diaryl/α,β-unsaturated/α-hetero) is 1. The molecule has 29 heavy (non-hydrogen) atoms. The summed E-state index contributed by atoms with van der Waals surface area (Å²) in [7, 11) is 1.59. The molecule has 1 aromatic carbocycles. The molecule has 0 radical (unpaired) electrons. The average Bonchev–Trinajstić information content (AvgIpc) is 3.31. The van der Waals surface area contributed by atoms with Gasteiger partial charge in [0, 0.05) is 51.0 Å². The highest BCUT2D eigenvalue weighted by Gasteiger charge is 2.25. The average molecular weight is 401 g/mol. The highest BCUT2D eigenvalue weighted by Crippen LogP contribution is 2.23. The van der Waals surface area contributed by atoms with Crippen LogP contribution in [0.15, 0.2) is 24.3 Å². The molecule has 2 fully saturated rings. The van der Waals surface area contributed by atoms with Gasteiger partial charge < -0.3 is 14.5 Å². The van der Waals surface area contributed by atoms with Crippen molar-refractivity contribution in [3.63, 3.8) is 0 Å². The molecular formula is C23H32N2O4. The van der Waals surface area contributed by atoms with Crippen LogP contribution in [0.2, 0.25) is 0 Å². The zero-order chi connectivity index (χ0) is 20.6. The van der Waals surface area contributed by atoms with Gasteiger partial charge in [0.1, 0.15) is 5.75 Å². The molecule has 158 valence electrons. The quantitative estimate of drug-likeness (QED) is 0.628. The minimum Gasteiger partial charge on any atom is -0.497 e. The van der Waals surface area contributed by atoms with Crippen LogP contribution in [0.4, 0.5) is 0 Å². The smallest absolute Gasteiger partial charge is 0.223 e. The molecule has 0 N–H and O–H groups in total. The van der Waals surface area contributed by atoms with Gasteiger partial charge >= 0.3 is 0 Å². The van der Waals surface area contributed by atoms with Crippen molar-refractivity contribution in [2.45, 2.75) is 51.4 Å². The number of hydrogen-bond donors (Lipinski definition) is 0. The van der Waals surface area contributed by atoms with E-state index in [1.54, 1.807) is 31.4 Å². The van der Waals surface area contributed by atoms with Crippen LogP contribution in [0.5, 0.6) is 5.75 Å². The Balaban J connectivity index is 1.41. The molecule has 0 aliphatic carbocycles. The van der Waals surface area contributed by atoms with Gasteiger partial charge in [-0.15, -0.1) is 0 Å². The number of carbonyl (C=O) groups is 3. The van der Waals surface area contributed by atoms with Crippen molar-refractivity contribution in [3.8, 4) is 5.75 Å². The Labute approximate surface area is 173 Å². The molecule has 1 aromatic rings. The monoisotopic (exact) mass is 400 g/mol. The Hall–Kier alpha value is -2.37. The van der Waals surface area contributed by atoms with Crippen molar-refractivity contribution in [1.29, 1.82) is 0 Å². The van der Waals surface area contributed by atoms with E-state index in [1.807, 2.05) is 9.80 Å². The van der Waals surface area contributed by atoms with E-state index in [0.29, 0.717) is 30.2 Å². The lowest BCUT2D eigenvalue weighted by atomic mass is 9.92. The first-order valence-electron chi connectivity index (χ1n) is 10.8. The van der Waals surface area contributed by atoms with Crippen LogP contribution in [0.25, 0.3) is 0 Å². The number of ether oxygens (including phenoxy) is 1. The molecule has 2 aliphatic heterocycles. The second-order valence-electron chi connectivity index (χ2n) is 8.13. The summed E-state index contributed by atoms with van der Waals surface area (Å²) in [6.45, 7) is 3.27. The summed E-state index contributed by atoms with van der Waals surface area (Å²) in [4.78, 5) is 41.1. The van der Waals surface area contributed by atoms with Crippen molar-refractivity contribution in [3.05, 3.63) is 29.8 Å². The lowest BCUT2D eigenvalue weighted by molar-refractivity contribution is -0.133.